The number of benzene rings is 2. The van der Waals surface area contributed by atoms with Crippen molar-refractivity contribution in [3.63, 3.8) is 0 Å². The fourth-order valence-corrected chi connectivity index (χ4v) is 5.08. The van der Waals surface area contributed by atoms with E-state index in [0.717, 1.165) is 24.2 Å². The summed E-state index contributed by atoms with van der Waals surface area (Å²) < 4.78 is 0. The number of ketones is 1. The molecule has 1 amide bonds. The number of para-hydroxylation sites is 2. The molecule has 0 aliphatic heterocycles. The van der Waals surface area contributed by atoms with Crippen LogP contribution in [0.1, 0.15) is 40.0 Å². The van der Waals surface area contributed by atoms with Crippen LogP contribution in [0.3, 0.4) is 0 Å². The van der Waals surface area contributed by atoms with Crippen LogP contribution in [0.2, 0.25) is 0 Å². The predicted octanol–water partition coefficient (Wildman–Crippen LogP) is 5.14. The van der Waals surface area contributed by atoms with Gasteiger partial charge in [0.05, 0.1) is 5.41 Å². The van der Waals surface area contributed by atoms with Crippen LogP contribution in [0.25, 0.3) is 0 Å². The predicted molar refractivity (Wildman–Crippen MR) is 103 cm³/mol. The number of rotatable bonds is 3. The van der Waals surface area contributed by atoms with Gasteiger partial charge in [0.15, 0.2) is 0 Å². The number of Topliss-reactive ketones (excluding diaryl/α,β-unsaturated/α-hetero) is 1. The third-order valence-electron chi connectivity index (χ3n) is 7.35. The Bertz CT molecular complexity index is 819. The van der Waals surface area contributed by atoms with Gasteiger partial charge in [0.25, 0.3) is 0 Å². The van der Waals surface area contributed by atoms with Crippen molar-refractivity contribution in [2.75, 3.05) is 4.90 Å². The molecule has 0 spiro atoms. The van der Waals surface area contributed by atoms with Gasteiger partial charge in [-0.3, -0.25) is 14.5 Å². The molecule has 2 aromatic rings. The Labute approximate surface area is 155 Å². The van der Waals surface area contributed by atoms with Crippen molar-refractivity contribution in [1.29, 1.82) is 0 Å². The van der Waals surface area contributed by atoms with Crippen molar-refractivity contribution in [2.45, 2.75) is 40.0 Å². The van der Waals surface area contributed by atoms with E-state index in [4.69, 9.17) is 0 Å². The largest absolute Gasteiger partial charge is 0.299 e. The monoisotopic (exact) mass is 347 g/mol. The Morgan fingerprint density at radius 1 is 0.846 bits per heavy atom. The number of carbonyl (C=O) groups excluding carboxylic acids is 2. The van der Waals surface area contributed by atoms with Crippen LogP contribution in [0, 0.1) is 16.2 Å². The van der Waals surface area contributed by atoms with Gasteiger partial charge in [0.2, 0.25) is 5.91 Å². The normalized spacial score (nSPS) is 29.0. The number of anilines is 2. The molecule has 2 aliphatic carbocycles. The molecule has 3 heteroatoms. The summed E-state index contributed by atoms with van der Waals surface area (Å²) >= 11 is 0. The Hall–Kier alpha value is -2.42. The quantitative estimate of drug-likeness (QED) is 0.771. The topological polar surface area (TPSA) is 37.4 Å². The molecule has 0 saturated heterocycles. The average Bonchev–Trinajstić information content (AvgIpc) is 2.94. The van der Waals surface area contributed by atoms with Crippen LogP contribution in [0.15, 0.2) is 60.7 Å². The molecule has 2 aliphatic rings. The summed E-state index contributed by atoms with van der Waals surface area (Å²) in [6.45, 7) is 6.26. The zero-order valence-electron chi connectivity index (χ0n) is 15.7. The fourth-order valence-electron chi connectivity index (χ4n) is 5.08. The highest BCUT2D eigenvalue weighted by Gasteiger charge is 2.73. The van der Waals surface area contributed by atoms with Crippen LogP contribution >= 0.6 is 0 Å². The lowest BCUT2D eigenvalue weighted by molar-refractivity contribution is -0.133. The summed E-state index contributed by atoms with van der Waals surface area (Å²) in [7, 11) is 0. The smallest absolute Gasteiger partial charge is 0.238 e. The summed E-state index contributed by atoms with van der Waals surface area (Å²) in [6, 6.07) is 19.5. The minimum Gasteiger partial charge on any atom is -0.299 e. The summed E-state index contributed by atoms with van der Waals surface area (Å²) in [5.41, 5.74) is 0.311. The molecule has 2 atom stereocenters. The lowest BCUT2D eigenvalue weighted by Crippen LogP contribution is -2.47. The second kappa shape index (κ2) is 5.54. The minimum atomic E-state index is -0.634. The van der Waals surface area contributed by atoms with Crippen LogP contribution in [0.4, 0.5) is 11.4 Å². The number of hydrogen-bond donors (Lipinski definition) is 0. The van der Waals surface area contributed by atoms with Gasteiger partial charge < -0.3 is 0 Å². The molecule has 0 radical (unpaired) electrons. The number of fused-ring (bicyclic) bond motifs is 2. The molecule has 4 rings (SSSR count). The van der Waals surface area contributed by atoms with Crippen molar-refractivity contribution in [2.24, 2.45) is 16.2 Å². The molecule has 134 valence electrons. The van der Waals surface area contributed by atoms with Crippen molar-refractivity contribution in [1.82, 2.24) is 0 Å². The van der Waals surface area contributed by atoms with Crippen molar-refractivity contribution < 1.29 is 9.59 Å². The van der Waals surface area contributed by atoms with Gasteiger partial charge in [-0.2, -0.15) is 0 Å². The second-order valence-corrected chi connectivity index (χ2v) is 8.45. The molecule has 2 fully saturated rings. The maximum Gasteiger partial charge on any atom is 0.238 e. The standard InChI is InChI=1S/C23H25NO2/c1-21(2)22(3)14-15-23(21,16-19(22)25)20(26)24(17-10-6-4-7-11-17)18-12-8-5-9-13-18/h4-13H,14-16H2,1-3H3/t22-,23+/m0/s1. The van der Waals surface area contributed by atoms with E-state index < -0.39 is 10.8 Å². The van der Waals surface area contributed by atoms with Crippen LogP contribution in [0.5, 0.6) is 0 Å². The Balaban J connectivity index is 1.86. The molecule has 0 unspecified atom stereocenters. The average molecular weight is 347 g/mol. The first-order valence-electron chi connectivity index (χ1n) is 9.31. The van der Waals surface area contributed by atoms with Crippen LogP contribution in [-0.2, 0) is 9.59 Å². The highest BCUT2D eigenvalue weighted by Crippen LogP contribution is 2.71. The number of nitrogens with zero attached hydrogens (tertiary/aromatic N) is 1. The fraction of sp³-hybridized carbons (Fsp3) is 0.391. The molecule has 0 N–H and O–H groups in total. The van der Waals surface area contributed by atoms with Gasteiger partial charge in [-0.25, -0.2) is 0 Å². The van der Waals surface area contributed by atoms with Gasteiger partial charge in [0, 0.05) is 23.2 Å². The van der Waals surface area contributed by atoms with Crippen molar-refractivity contribution in [3.05, 3.63) is 60.7 Å². The Morgan fingerprint density at radius 2 is 1.35 bits per heavy atom. The zero-order valence-corrected chi connectivity index (χ0v) is 15.7. The highest BCUT2D eigenvalue weighted by atomic mass is 16.2. The molecule has 0 heterocycles. The third-order valence-corrected chi connectivity index (χ3v) is 7.35. The summed E-state index contributed by atoms with van der Waals surface area (Å²) in [4.78, 5) is 28.6. The van der Waals surface area contributed by atoms with Crippen LogP contribution in [-0.4, -0.2) is 11.7 Å². The van der Waals surface area contributed by atoms with E-state index >= 15 is 0 Å². The van der Waals surface area contributed by atoms with Gasteiger partial charge in [-0.1, -0.05) is 57.2 Å². The first-order chi connectivity index (χ1) is 12.3. The van der Waals surface area contributed by atoms with E-state index in [-0.39, 0.29) is 17.1 Å². The van der Waals surface area contributed by atoms with E-state index in [2.05, 4.69) is 13.8 Å². The number of hydrogen-bond acceptors (Lipinski definition) is 2. The zero-order chi connectivity index (χ0) is 18.6. The lowest BCUT2D eigenvalue weighted by atomic mass is 9.64. The SMILES string of the molecule is CC1(C)[C@]2(C(=O)N(c3ccccc3)c3ccccc3)CC[C@@]1(C)C(=O)C2. The number of carbonyl (C=O) groups is 2. The summed E-state index contributed by atoms with van der Waals surface area (Å²) in [5.74, 6) is 0.289. The first kappa shape index (κ1) is 17.0. The Morgan fingerprint density at radius 3 is 1.73 bits per heavy atom. The Kier molecular flexibility index (Phi) is 3.62. The van der Waals surface area contributed by atoms with E-state index in [9.17, 15) is 9.59 Å². The lowest BCUT2D eigenvalue weighted by Gasteiger charge is -2.41. The number of amides is 1. The molecule has 0 aromatic heterocycles. The van der Waals surface area contributed by atoms with E-state index in [1.54, 1.807) is 0 Å². The molecule has 3 nitrogen and oxygen atoms in total. The third kappa shape index (κ3) is 2.00. The minimum absolute atomic E-state index is 0.0504. The molecule has 2 saturated carbocycles. The summed E-state index contributed by atoms with van der Waals surface area (Å²) in [5, 5.41) is 0. The highest BCUT2D eigenvalue weighted by molar-refractivity contribution is 6.09. The van der Waals surface area contributed by atoms with Gasteiger partial charge in [0.1, 0.15) is 5.78 Å². The van der Waals surface area contributed by atoms with Crippen molar-refractivity contribution >= 4 is 23.1 Å². The van der Waals surface area contributed by atoms with Crippen molar-refractivity contribution in [3.8, 4) is 0 Å². The molecular formula is C23H25NO2. The van der Waals surface area contributed by atoms with Gasteiger partial charge in [-0.15, -0.1) is 0 Å². The van der Waals surface area contributed by atoms with E-state index in [0.29, 0.717) is 6.42 Å². The van der Waals surface area contributed by atoms with Crippen LogP contribution < -0.4 is 4.90 Å². The molecular weight excluding hydrogens is 322 g/mol. The second-order valence-electron chi connectivity index (χ2n) is 8.45. The molecule has 26 heavy (non-hydrogen) atoms. The summed E-state index contributed by atoms with van der Waals surface area (Å²) in [6.07, 6.45) is 1.92. The van der Waals surface area contributed by atoms with Gasteiger partial charge in [-0.05, 0) is 42.5 Å². The maximum absolute atomic E-state index is 14.0. The maximum atomic E-state index is 14.0. The van der Waals surface area contributed by atoms with Gasteiger partial charge >= 0.3 is 0 Å². The van der Waals surface area contributed by atoms with E-state index in [1.807, 2.05) is 72.5 Å². The molecule has 2 aromatic carbocycles. The molecule has 2 bridgehead atoms. The van der Waals surface area contributed by atoms with E-state index in [1.165, 1.54) is 0 Å². The first-order valence-corrected chi connectivity index (χ1v) is 9.31.